The zero-order valence-corrected chi connectivity index (χ0v) is 14.6. The number of rotatable bonds is 6. The minimum absolute atomic E-state index is 0.286. The van der Waals surface area contributed by atoms with Crippen molar-refractivity contribution in [2.24, 2.45) is 0 Å². The van der Waals surface area contributed by atoms with Gasteiger partial charge in [-0.3, -0.25) is 4.79 Å². The number of ether oxygens (including phenoxy) is 1. The first kappa shape index (κ1) is 17.7. The highest BCUT2D eigenvalue weighted by Crippen LogP contribution is 2.22. The van der Waals surface area contributed by atoms with E-state index in [1.165, 1.54) is 25.5 Å². The van der Waals surface area contributed by atoms with E-state index in [-0.39, 0.29) is 11.9 Å². The largest absolute Gasteiger partial charge is 0.496 e. The number of thiazole rings is 1. The van der Waals surface area contributed by atoms with E-state index in [0.717, 1.165) is 17.1 Å². The number of amides is 3. The first-order chi connectivity index (χ1) is 11.6. The van der Waals surface area contributed by atoms with Crippen LogP contribution >= 0.6 is 11.3 Å². The number of methoxy groups -OCH3 is 1. The Bertz CT molecular complexity index is 730. The molecule has 3 N–H and O–H groups in total. The molecule has 0 saturated carbocycles. The number of benzene rings is 1. The second-order valence-electron chi connectivity index (χ2n) is 4.89. The minimum Gasteiger partial charge on any atom is -0.496 e. The van der Waals surface area contributed by atoms with Gasteiger partial charge in [-0.1, -0.05) is 6.92 Å². The summed E-state index contributed by atoms with van der Waals surface area (Å²) < 4.78 is 5.15. The maximum Gasteiger partial charge on any atom is 0.319 e. The molecule has 128 valence electrons. The Morgan fingerprint density at radius 3 is 2.75 bits per heavy atom. The molecule has 2 aromatic rings. The lowest BCUT2D eigenvalue weighted by Gasteiger charge is -2.11. The van der Waals surface area contributed by atoms with Gasteiger partial charge >= 0.3 is 6.03 Å². The number of hydrogen-bond acceptors (Lipinski definition) is 5. The van der Waals surface area contributed by atoms with Crippen LogP contribution < -0.4 is 20.7 Å². The number of hydrogen-bond donors (Lipinski definition) is 3. The molecule has 0 unspecified atom stereocenters. The van der Waals surface area contributed by atoms with E-state index in [0.29, 0.717) is 23.5 Å². The van der Waals surface area contributed by atoms with Crippen LogP contribution in [-0.2, 0) is 13.0 Å². The molecule has 0 aliphatic carbocycles. The van der Waals surface area contributed by atoms with E-state index in [9.17, 15) is 9.59 Å². The molecule has 1 aromatic carbocycles. The van der Waals surface area contributed by atoms with Crippen molar-refractivity contribution < 1.29 is 14.3 Å². The molecular formula is C16H20N4O3S. The number of carbonyl (C=O) groups is 2. The lowest BCUT2D eigenvalue weighted by molar-refractivity contribution is 0.0960. The molecule has 0 radical (unpaired) electrons. The van der Waals surface area contributed by atoms with Gasteiger partial charge in [-0.15, -0.1) is 11.3 Å². The number of carbonyl (C=O) groups excluding carboxylic acids is 2. The molecule has 7 nitrogen and oxygen atoms in total. The highest BCUT2D eigenvalue weighted by atomic mass is 32.1. The molecule has 8 heteroatoms. The van der Waals surface area contributed by atoms with Gasteiger partial charge < -0.3 is 20.7 Å². The second-order valence-corrected chi connectivity index (χ2v) is 5.83. The number of aryl methyl sites for hydroxylation is 1. The smallest absolute Gasteiger partial charge is 0.319 e. The average molecular weight is 348 g/mol. The predicted molar refractivity (Wildman–Crippen MR) is 93.7 cm³/mol. The quantitative estimate of drug-likeness (QED) is 0.747. The fraction of sp³-hybridized carbons (Fsp3) is 0.312. The summed E-state index contributed by atoms with van der Waals surface area (Å²) in [4.78, 5) is 28.2. The highest BCUT2D eigenvalue weighted by Gasteiger charge is 2.13. The highest BCUT2D eigenvalue weighted by molar-refractivity contribution is 7.09. The molecular weight excluding hydrogens is 328 g/mol. The third-order valence-corrected chi connectivity index (χ3v) is 4.19. The van der Waals surface area contributed by atoms with Gasteiger partial charge in [0.05, 0.1) is 24.9 Å². The van der Waals surface area contributed by atoms with Gasteiger partial charge in [0.25, 0.3) is 5.91 Å². The predicted octanol–water partition coefficient (Wildman–Crippen LogP) is 2.40. The van der Waals surface area contributed by atoms with Crippen LogP contribution in [0, 0.1) is 0 Å². The Morgan fingerprint density at radius 2 is 2.12 bits per heavy atom. The molecule has 0 bridgehead atoms. The van der Waals surface area contributed by atoms with Crippen LogP contribution in [0.3, 0.4) is 0 Å². The van der Waals surface area contributed by atoms with Gasteiger partial charge in [0.15, 0.2) is 0 Å². The third kappa shape index (κ3) is 4.45. The molecule has 3 amide bonds. The number of anilines is 1. The molecule has 0 spiro atoms. The van der Waals surface area contributed by atoms with E-state index in [2.05, 4.69) is 20.9 Å². The summed E-state index contributed by atoms with van der Waals surface area (Å²) in [5, 5.41) is 10.8. The number of aromatic nitrogens is 1. The lowest BCUT2D eigenvalue weighted by Crippen LogP contribution is -2.28. The fourth-order valence-corrected chi connectivity index (χ4v) is 2.84. The lowest BCUT2D eigenvalue weighted by atomic mass is 10.1. The first-order valence-corrected chi connectivity index (χ1v) is 8.33. The van der Waals surface area contributed by atoms with Gasteiger partial charge in [-0.2, -0.15) is 0 Å². The molecule has 2 rings (SSSR count). The van der Waals surface area contributed by atoms with Crippen molar-refractivity contribution in [3.05, 3.63) is 39.8 Å². The summed E-state index contributed by atoms with van der Waals surface area (Å²) in [5.41, 5.74) is 1.87. The summed E-state index contributed by atoms with van der Waals surface area (Å²) >= 11 is 1.51. The van der Waals surface area contributed by atoms with Gasteiger partial charge in [0, 0.05) is 18.1 Å². The normalized spacial score (nSPS) is 10.1. The van der Waals surface area contributed by atoms with Gasteiger partial charge in [0.2, 0.25) is 0 Å². The third-order valence-electron chi connectivity index (χ3n) is 3.29. The minimum atomic E-state index is -0.365. The molecule has 24 heavy (non-hydrogen) atoms. The van der Waals surface area contributed by atoms with Gasteiger partial charge in [-0.25, -0.2) is 9.78 Å². The summed E-state index contributed by atoms with van der Waals surface area (Å²) in [6.07, 6.45) is 0.872. The summed E-state index contributed by atoms with van der Waals surface area (Å²) in [6.45, 7) is 2.39. The van der Waals surface area contributed by atoms with Crippen molar-refractivity contribution in [1.29, 1.82) is 0 Å². The van der Waals surface area contributed by atoms with Gasteiger partial charge in [0.1, 0.15) is 10.8 Å². The van der Waals surface area contributed by atoms with Crippen molar-refractivity contribution in [3.63, 3.8) is 0 Å². The van der Waals surface area contributed by atoms with Crippen LogP contribution in [0.1, 0.15) is 28.0 Å². The topological polar surface area (TPSA) is 92.4 Å². The van der Waals surface area contributed by atoms with Crippen molar-refractivity contribution in [3.8, 4) is 5.75 Å². The zero-order chi connectivity index (χ0) is 17.5. The standard InChI is InChI=1S/C16H20N4O3S/c1-4-10-9-24-14(19-10)8-18-16(22)20-11-5-6-13(23-3)12(7-11)15(21)17-2/h5-7,9H,4,8H2,1-3H3,(H,17,21)(H2,18,20,22). The second kappa shape index (κ2) is 8.30. The van der Waals surface area contributed by atoms with E-state index in [1.54, 1.807) is 18.2 Å². The average Bonchev–Trinajstić information content (AvgIpc) is 3.07. The van der Waals surface area contributed by atoms with Crippen molar-refractivity contribution in [1.82, 2.24) is 15.6 Å². The number of urea groups is 1. The fourth-order valence-electron chi connectivity index (χ4n) is 2.02. The molecule has 1 heterocycles. The zero-order valence-electron chi connectivity index (χ0n) is 13.8. The Morgan fingerprint density at radius 1 is 1.33 bits per heavy atom. The monoisotopic (exact) mass is 348 g/mol. The molecule has 0 saturated heterocycles. The van der Waals surface area contributed by atoms with Crippen molar-refractivity contribution >= 4 is 29.0 Å². The van der Waals surface area contributed by atoms with E-state index >= 15 is 0 Å². The maximum absolute atomic E-state index is 12.0. The van der Waals surface area contributed by atoms with E-state index in [1.807, 2.05) is 12.3 Å². The van der Waals surface area contributed by atoms with Crippen LogP contribution in [0.2, 0.25) is 0 Å². The number of nitrogens with one attached hydrogen (secondary N) is 3. The van der Waals surface area contributed by atoms with E-state index < -0.39 is 0 Å². The van der Waals surface area contributed by atoms with Crippen molar-refractivity contribution in [2.45, 2.75) is 19.9 Å². The Hall–Kier alpha value is -2.61. The Labute approximate surface area is 144 Å². The molecule has 0 atom stereocenters. The summed E-state index contributed by atoms with van der Waals surface area (Å²) in [5.74, 6) is 0.154. The van der Waals surface area contributed by atoms with Gasteiger partial charge in [-0.05, 0) is 24.6 Å². The number of nitrogens with zero attached hydrogens (tertiary/aromatic N) is 1. The van der Waals surface area contributed by atoms with Crippen LogP contribution in [0.5, 0.6) is 5.75 Å². The Kier molecular flexibility index (Phi) is 6.14. The van der Waals surface area contributed by atoms with Crippen LogP contribution in [-0.4, -0.2) is 31.1 Å². The molecule has 0 fully saturated rings. The molecule has 0 aliphatic heterocycles. The van der Waals surface area contributed by atoms with Crippen molar-refractivity contribution in [2.75, 3.05) is 19.5 Å². The van der Waals surface area contributed by atoms with Crippen LogP contribution in [0.15, 0.2) is 23.6 Å². The maximum atomic E-state index is 12.0. The molecule has 1 aromatic heterocycles. The van der Waals surface area contributed by atoms with Crippen LogP contribution in [0.25, 0.3) is 0 Å². The summed E-state index contributed by atoms with van der Waals surface area (Å²) in [7, 11) is 3.02. The first-order valence-electron chi connectivity index (χ1n) is 7.45. The Balaban J connectivity index is 1.99. The SMILES string of the molecule is CCc1csc(CNC(=O)Nc2ccc(OC)c(C(=O)NC)c2)n1. The summed E-state index contributed by atoms with van der Waals surface area (Å²) in [6, 6.07) is 4.50. The van der Waals surface area contributed by atoms with Crippen LogP contribution in [0.4, 0.5) is 10.5 Å². The molecule has 0 aliphatic rings. The van der Waals surface area contributed by atoms with E-state index in [4.69, 9.17) is 4.74 Å².